The van der Waals surface area contributed by atoms with Gasteiger partial charge >= 0.3 is 12.1 Å². The minimum atomic E-state index is -5.16. The highest BCUT2D eigenvalue weighted by Gasteiger charge is 2.54. The topological polar surface area (TPSA) is 97.2 Å². The fraction of sp³-hybridized carbons (Fsp3) is 0.269. The van der Waals surface area contributed by atoms with Crippen LogP contribution >= 0.6 is 0 Å². The number of benzene rings is 1. The van der Waals surface area contributed by atoms with Crippen molar-refractivity contribution in [1.29, 1.82) is 0 Å². The Labute approximate surface area is 204 Å². The first-order valence-electron chi connectivity index (χ1n) is 11.0. The molecule has 2 N–H and O–H groups in total. The fourth-order valence-electron chi connectivity index (χ4n) is 4.18. The number of alkyl halides is 3. The number of aromatic amines is 1. The van der Waals surface area contributed by atoms with Gasteiger partial charge in [0, 0.05) is 48.1 Å². The van der Waals surface area contributed by atoms with Crippen LogP contribution in [-0.2, 0) is 28.6 Å². The van der Waals surface area contributed by atoms with E-state index in [9.17, 15) is 27.9 Å². The number of pyridine rings is 1. The highest BCUT2D eigenvalue weighted by molar-refractivity contribution is 6.19. The minimum absolute atomic E-state index is 0.000555. The summed E-state index contributed by atoms with van der Waals surface area (Å²) < 4.78 is 49.0. The smallest absolute Gasteiger partial charge is 0.433 e. The summed E-state index contributed by atoms with van der Waals surface area (Å²) in [5.41, 5.74) is -2.56. The number of esters is 1. The average molecular weight is 497 g/mol. The molecule has 186 valence electrons. The molecule has 0 saturated heterocycles. The summed E-state index contributed by atoms with van der Waals surface area (Å²) in [5.74, 6) is 3.72. The number of hydrogen-bond donors (Lipinski definition) is 2. The quantitative estimate of drug-likeness (QED) is 0.425. The second-order valence-electron chi connectivity index (χ2n) is 8.37. The number of ether oxygens (including phenoxy) is 1. The highest BCUT2D eigenvalue weighted by Crippen LogP contribution is 2.40. The van der Waals surface area contributed by atoms with Crippen LogP contribution in [0.1, 0.15) is 36.1 Å². The zero-order valence-corrected chi connectivity index (χ0v) is 19.7. The lowest BCUT2D eigenvalue weighted by molar-refractivity contribution is -0.240. The van der Waals surface area contributed by atoms with Gasteiger partial charge in [-0.15, -0.1) is 0 Å². The minimum Gasteiger partial charge on any atom is -0.462 e. The maximum absolute atomic E-state index is 14.2. The Bertz CT molecular complexity index is 1490. The van der Waals surface area contributed by atoms with Crippen molar-refractivity contribution in [1.82, 2.24) is 14.8 Å². The molecule has 36 heavy (non-hydrogen) atoms. The Morgan fingerprint density at radius 1 is 1.31 bits per heavy atom. The van der Waals surface area contributed by atoms with Crippen LogP contribution in [0, 0.1) is 11.8 Å². The van der Waals surface area contributed by atoms with Crippen LogP contribution < -0.4 is 5.56 Å². The molecule has 3 aromatic rings. The average Bonchev–Trinajstić information content (AvgIpc) is 3.48. The highest BCUT2D eigenvalue weighted by atomic mass is 19.4. The van der Waals surface area contributed by atoms with E-state index in [0.717, 1.165) is 6.07 Å². The van der Waals surface area contributed by atoms with Gasteiger partial charge in [-0.05, 0) is 37.5 Å². The second-order valence-corrected chi connectivity index (χ2v) is 8.37. The molecule has 1 aliphatic rings. The molecule has 1 unspecified atom stereocenters. The van der Waals surface area contributed by atoms with Crippen molar-refractivity contribution in [2.75, 3.05) is 6.61 Å². The van der Waals surface area contributed by atoms with Crippen LogP contribution in [0.5, 0.6) is 0 Å². The number of hydrogen-bond acceptors (Lipinski definition) is 5. The first-order chi connectivity index (χ1) is 17.0. The van der Waals surface area contributed by atoms with Crippen molar-refractivity contribution in [3.8, 4) is 23.1 Å². The van der Waals surface area contributed by atoms with Crippen molar-refractivity contribution in [2.24, 2.45) is 7.05 Å². The molecule has 0 amide bonds. The van der Waals surface area contributed by atoms with Gasteiger partial charge in [-0.25, -0.2) is 4.79 Å². The zero-order valence-electron chi connectivity index (χ0n) is 19.7. The number of halogens is 3. The summed E-state index contributed by atoms with van der Waals surface area (Å²) >= 11 is 0. The Morgan fingerprint density at radius 2 is 2.06 bits per heavy atom. The lowest BCUT2D eigenvalue weighted by atomic mass is 9.91. The molecule has 0 radical (unpaired) electrons. The van der Waals surface area contributed by atoms with Crippen molar-refractivity contribution in [3.05, 3.63) is 80.9 Å². The molecule has 0 fully saturated rings. The van der Waals surface area contributed by atoms with Crippen LogP contribution in [0.25, 0.3) is 16.8 Å². The van der Waals surface area contributed by atoms with E-state index in [-0.39, 0.29) is 35.3 Å². The molecule has 0 saturated carbocycles. The van der Waals surface area contributed by atoms with Gasteiger partial charge in [0.1, 0.15) is 0 Å². The maximum Gasteiger partial charge on any atom is 0.433 e. The molecule has 1 atom stereocenters. The molecular formula is C26H22F3N3O4. The van der Waals surface area contributed by atoms with Gasteiger partial charge in [0.2, 0.25) is 5.60 Å². The number of aromatic nitrogens is 3. The third-order valence-electron chi connectivity index (χ3n) is 5.95. The number of H-pyrrole nitrogens is 1. The molecule has 4 rings (SSSR count). The van der Waals surface area contributed by atoms with Crippen LogP contribution in [-0.4, -0.2) is 38.6 Å². The standard InChI is InChI=1S/C26H22F3N3O4/c1-4-36-24(34)21-15(2)12-19-22(21)17(14-32(3)23(19)33)8-10-25(35,26(27,28)29)18-7-5-6-16(13-18)20-9-11-30-31-20/h5-7,9,11,13-14,35H,4,12H2,1-3H3,(H,30,31). The van der Waals surface area contributed by atoms with E-state index >= 15 is 0 Å². The molecule has 1 aliphatic carbocycles. The molecule has 2 heterocycles. The van der Waals surface area contributed by atoms with Gasteiger partial charge in [0.25, 0.3) is 5.56 Å². The maximum atomic E-state index is 14.2. The van der Waals surface area contributed by atoms with Gasteiger partial charge in [0.05, 0.1) is 17.9 Å². The molecule has 2 aromatic heterocycles. The largest absolute Gasteiger partial charge is 0.462 e. The van der Waals surface area contributed by atoms with Crippen LogP contribution in [0.2, 0.25) is 0 Å². The predicted molar refractivity (Wildman–Crippen MR) is 125 cm³/mol. The number of allylic oxidation sites excluding steroid dienone is 1. The number of aryl methyl sites for hydroxylation is 1. The summed E-state index contributed by atoms with van der Waals surface area (Å²) in [7, 11) is 1.44. The number of fused-ring (bicyclic) bond motifs is 1. The molecule has 10 heteroatoms. The van der Waals surface area contributed by atoms with Gasteiger partial charge < -0.3 is 14.4 Å². The third-order valence-corrected chi connectivity index (χ3v) is 5.95. The second kappa shape index (κ2) is 9.17. The Hall–Kier alpha value is -4.10. The first kappa shape index (κ1) is 25.0. The first-order valence-corrected chi connectivity index (χ1v) is 11.0. The zero-order chi connectivity index (χ0) is 26.3. The fourth-order valence-corrected chi connectivity index (χ4v) is 4.18. The van der Waals surface area contributed by atoms with E-state index in [0.29, 0.717) is 16.8 Å². The van der Waals surface area contributed by atoms with E-state index in [4.69, 9.17) is 4.74 Å². The number of nitrogens with one attached hydrogen (secondary N) is 1. The van der Waals surface area contributed by atoms with Gasteiger partial charge in [-0.2, -0.15) is 18.3 Å². The summed E-state index contributed by atoms with van der Waals surface area (Å²) in [4.78, 5) is 25.3. The summed E-state index contributed by atoms with van der Waals surface area (Å²) in [5, 5.41) is 17.4. The lowest BCUT2D eigenvalue weighted by Crippen LogP contribution is -2.41. The molecule has 0 bridgehead atoms. The molecule has 7 nitrogen and oxygen atoms in total. The Balaban J connectivity index is 1.90. The SMILES string of the molecule is CCOC(=O)C1=C(C)Cc2c1c(C#CC(O)(c1cccc(-c3ccn[nH]3)c1)C(F)(F)F)cn(C)c2=O. The molecule has 0 spiro atoms. The number of rotatable bonds is 4. The van der Waals surface area contributed by atoms with Crippen molar-refractivity contribution in [3.63, 3.8) is 0 Å². The number of carbonyl (C=O) groups is 1. The Kier molecular flexibility index (Phi) is 6.37. The molecule has 1 aromatic carbocycles. The Morgan fingerprint density at radius 3 is 2.69 bits per heavy atom. The number of carbonyl (C=O) groups excluding carboxylic acids is 1. The predicted octanol–water partition coefficient (Wildman–Crippen LogP) is 3.47. The van der Waals surface area contributed by atoms with E-state index in [1.165, 1.54) is 36.1 Å². The third kappa shape index (κ3) is 4.22. The van der Waals surface area contributed by atoms with E-state index < -0.39 is 28.9 Å². The van der Waals surface area contributed by atoms with E-state index in [2.05, 4.69) is 16.1 Å². The monoisotopic (exact) mass is 497 g/mol. The normalized spacial score (nSPS) is 14.6. The van der Waals surface area contributed by atoms with Crippen LogP contribution in [0.15, 0.2) is 53.1 Å². The van der Waals surface area contributed by atoms with Crippen LogP contribution in [0.3, 0.4) is 0 Å². The van der Waals surface area contributed by atoms with E-state index in [1.807, 2.05) is 5.92 Å². The van der Waals surface area contributed by atoms with Gasteiger partial charge in [-0.3, -0.25) is 9.89 Å². The summed E-state index contributed by atoms with van der Waals surface area (Å²) in [6, 6.07) is 6.83. The van der Waals surface area contributed by atoms with Crippen molar-refractivity contribution in [2.45, 2.75) is 32.0 Å². The summed E-state index contributed by atoms with van der Waals surface area (Å²) in [6.07, 6.45) is -2.31. The van der Waals surface area contributed by atoms with Gasteiger partial charge in [-0.1, -0.05) is 29.7 Å². The van der Waals surface area contributed by atoms with Crippen LogP contribution in [0.4, 0.5) is 13.2 Å². The van der Waals surface area contributed by atoms with E-state index in [1.54, 1.807) is 26.0 Å². The summed E-state index contributed by atoms with van der Waals surface area (Å²) in [6.45, 7) is 3.35. The van der Waals surface area contributed by atoms with Crippen molar-refractivity contribution >= 4 is 11.5 Å². The molecule has 0 aliphatic heterocycles. The lowest BCUT2D eigenvalue weighted by Gasteiger charge is -2.26. The van der Waals surface area contributed by atoms with Gasteiger partial charge in [0.15, 0.2) is 0 Å². The number of nitrogens with zero attached hydrogens (tertiary/aromatic N) is 2. The van der Waals surface area contributed by atoms with Crippen molar-refractivity contribution < 1.29 is 27.8 Å². The number of aliphatic hydroxyl groups is 1. The molecular weight excluding hydrogens is 475 g/mol.